The molecule has 0 saturated heterocycles. The van der Waals surface area contributed by atoms with E-state index < -0.39 is 17.9 Å². The summed E-state index contributed by atoms with van der Waals surface area (Å²) in [6, 6.07) is 19.7. The fourth-order valence-electron chi connectivity index (χ4n) is 4.39. The number of hydrogen-bond acceptors (Lipinski definition) is 10. The van der Waals surface area contributed by atoms with Gasteiger partial charge in [0.1, 0.15) is 11.5 Å². The van der Waals surface area contributed by atoms with Crippen LogP contribution in [0.2, 0.25) is 0 Å². The molecule has 0 fully saturated rings. The number of carbonyl (C=O) groups is 2. The predicted molar refractivity (Wildman–Crippen MR) is 141 cm³/mol. The molecule has 0 aliphatic carbocycles. The van der Waals surface area contributed by atoms with Crippen LogP contribution in [0.3, 0.4) is 0 Å². The zero-order valence-corrected chi connectivity index (χ0v) is 21.4. The van der Waals surface area contributed by atoms with Gasteiger partial charge in [0.05, 0.1) is 37.4 Å². The summed E-state index contributed by atoms with van der Waals surface area (Å²) in [5.74, 6) is -2.09. The molecule has 1 aliphatic rings. The van der Waals surface area contributed by atoms with E-state index >= 15 is 0 Å². The summed E-state index contributed by atoms with van der Waals surface area (Å²) in [4.78, 5) is 36.4. The van der Waals surface area contributed by atoms with E-state index in [1.165, 1.54) is 19.1 Å². The molecule has 1 unspecified atom stereocenters. The molecule has 0 saturated carbocycles. The van der Waals surface area contributed by atoms with E-state index in [9.17, 15) is 14.9 Å². The summed E-state index contributed by atoms with van der Waals surface area (Å²) in [6.07, 6.45) is 0. The lowest BCUT2D eigenvalue weighted by atomic mass is 9.81. The number of aryl methyl sites for hydroxylation is 2. The van der Waals surface area contributed by atoms with Crippen LogP contribution in [0, 0.1) is 25.2 Å². The van der Waals surface area contributed by atoms with Gasteiger partial charge in [0.2, 0.25) is 5.95 Å². The molecule has 10 nitrogen and oxygen atoms in total. The molecule has 192 valence electrons. The number of nitrogens with two attached hydrogens (primary N) is 1. The van der Waals surface area contributed by atoms with Gasteiger partial charge < -0.3 is 20.5 Å². The van der Waals surface area contributed by atoms with Gasteiger partial charge in [-0.25, -0.2) is 19.6 Å². The topological polar surface area (TPSA) is 143 Å². The molecule has 1 aromatic heterocycles. The number of nitriles is 1. The molecule has 10 heteroatoms. The van der Waals surface area contributed by atoms with Gasteiger partial charge in [-0.05, 0) is 49.7 Å². The van der Waals surface area contributed by atoms with Crippen LogP contribution in [0.4, 0.5) is 17.3 Å². The number of nitrogens with zero attached hydrogens (tertiary/aromatic N) is 4. The van der Waals surface area contributed by atoms with E-state index in [1.807, 2.05) is 19.9 Å². The van der Waals surface area contributed by atoms with Crippen molar-refractivity contribution in [1.29, 1.82) is 5.26 Å². The minimum Gasteiger partial charge on any atom is -0.466 e. The maximum Gasteiger partial charge on any atom is 0.355 e. The number of ether oxygens (including phenoxy) is 2. The largest absolute Gasteiger partial charge is 0.466 e. The van der Waals surface area contributed by atoms with Crippen LogP contribution >= 0.6 is 0 Å². The van der Waals surface area contributed by atoms with Crippen LogP contribution in [0.1, 0.15) is 22.9 Å². The van der Waals surface area contributed by atoms with Gasteiger partial charge in [0.15, 0.2) is 0 Å². The average Bonchev–Trinajstić information content (AvgIpc) is 2.92. The Bertz CT molecular complexity index is 1470. The third-order valence-corrected chi connectivity index (χ3v) is 5.97. The van der Waals surface area contributed by atoms with Crippen molar-refractivity contribution in [2.24, 2.45) is 5.73 Å². The van der Waals surface area contributed by atoms with Gasteiger partial charge >= 0.3 is 11.9 Å². The second kappa shape index (κ2) is 10.8. The highest BCUT2D eigenvalue weighted by molar-refractivity contribution is 6.06. The van der Waals surface area contributed by atoms with Crippen molar-refractivity contribution in [3.63, 3.8) is 0 Å². The van der Waals surface area contributed by atoms with Gasteiger partial charge in [-0.15, -0.1) is 0 Å². The summed E-state index contributed by atoms with van der Waals surface area (Å²) in [7, 11) is 2.41. The first-order valence-corrected chi connectivity index (χ1v) is 11.6. The zero-order valence-electron chi connectivity index (χ0n) is 21.4. The van der Waals surface area contributed by atoms with Gasteiger partial charge in [0, 0.05) is 22.8 Å². The summed E-state index contributed by atoms with van der Waals surface area (Å²) < 4.78 is 10.1. The summed E-state index contributed by atoms with van der Waals surface area (Å²) in [5, 5.41) is 13.3. The number of anilines is 3. The predicted octanol–water partition coefficient (Wildman–Crippen LogP) is 3.73. The van der Waals surface area contributed by atoms with Crippen LogP contribution < -0.4 is 16.0 Å². The van der Waals surface area contributed by atoms with Gasteiger partial charge in [-0.2, -0.15) is 5.26 Å². The molecule has 3 aromatic rings. The number of methoxy groups -OCH3 is 2. The molecule has 0 amide bonds. The quantitative estimate of drug-likeness (QED) is 0.471. The monoisotopic (exact) mass is 510 g/mol. The first-order valence-electron chi connectivity index (χ1n) is 11.6. The first-order chi connectivity index (χ1) is 18.3. The van der Waals surface area contributed by atoms with Crippen LogP contribution in [0.5, 0.6) is 0 Å². The smallest absolute Gasteiger partial charge is 0.355 e. The normalized spacial score (nSPS) is 15.1. The van der Waals surface area contributed by atoms with E-state index in [0.717, 1.165) is 11.4 Å². The number of benzene rings is 2. The number of rotatable bonds is 6. The standard InChI is InChI=1S/C28H26N6O4/c1-16-14-17(2)32-28(31-16)33-19-10-12-20(13-11-19)34-24(27(36)38-4)23(26(35)37-3)22(21(15-29)25(34)30)18-8-6-5-7-9-18/h5-14,22H,30H2,1-4H3,(H,31,32,33). The van der Waals surface area contributed by atoms with Crippen molar-refractivity contribution in [2.75, 3.05) is 24.4 Å². The molecule has 0 spiro atoms. The Morgan fingerprint density at radius 1 is 0.974 bits per heavy atom. The van der Waals surface area contributed by atoms with E-state index in [1.54, 1.807) is 54.6 Å². The van der Waals surface area contributed by atoms with Crippen molar-refractivity contribution in [2.45, 2.75) is 19.8 Å². The molecule has 0 radical (unpaired) electrons. The van der Waals surface area contributed by atoms with Crippen molar-refractivity contribution in [1.82, 2.24) is 9.97 Å². The maximum absolute atomic E-state index is 13.2. The number of hydrogen-bond donors (Lipinski definition) is 2. The maximum atomic E-state index is 13.2. The Labute approximate surface area is 220 Å². The fourth-order valence-corrected chi connectivity index (χ4v) is 4.39. The average molecular weight is 511 g/mol. The number of allylic oxidation sites excluding steroid dienone is 1. The van der Waals surface area contributed by atoms with Crippen molar-refractivity contribution in [3.05, 3.63) is 100 Å². The Hall–Kier alpha value is -5.17. The highest BCUT2D eigenvalue weighted by Crippen LogP contribution is 2.43. The number of nitrogens with one attached hydrogen (secondary N) is 1. The SMILES string of the molecule is COC(=O)C1=C(C(=O)OC)N(c2ccc(Nc3nc(C)cc(C)n3)cc2)C(N)=C(C#N)C1c1ccccc1. The molecule has 3 N–H and O–H groups in total. The van der Waals surface area contributed by atoms with Crippen LogP contribution in [-0.2, 0) is 19.1 Å². The van der Waals surface area contributed by atoms with Gasteiger partial charge in [-0.1, -0.05) is 30.3 Å². The van der Waals surface area contributed by atoms with E-state index in [4.69, 9.17) is 15.2 Å². The molecular formula is C28H26N6O4. The van der Waals surface area contributed by atoms with Crippen molar-refractivity contribution < 1.29 is 19.1 Å². The molecule has 38 heavy (non-hydrogen) atoms. The highest BCUT2D eigenvalue weighted by atomic mass is 16.5. The zero-order chi connectivity index (χ0) is 27.4. The molecule has 2 heterocycles. The number of carbonyl (C=O) groups excluding carboxylic acids is 2. The second-order valence-corrected chi connectivity index (χ2v) is 8.48. The molecule has 1 atom stereocenters. The lowest BCUT2D eigenvalue weighted by Crippen LogP contribution is -2.40. The van der Waals surface area contributed by atoms with E-state index in [0.29, 0.717) is 22.9 Å². The van der Waals surface area contributed by atoms with Crippen LogP contribution in [0.25, 0.3) is 0 Å². The summed E-state index contributed by atoms with van der Waals surface area (Å²) in [5.41, 5.74) is 9.78. The van der Waals surface area contributed by atoms with E-state index in [-0.39, 0.29) is 22.7 Å². The third kappa shape index (κ3) is 4.90. The van der Waals surface area contributed by atoms with Gasteiger partial charge in [0.25, 0.3) is 0 Å². The lowest BCUT2D eigenvalue weighted by Gasteiger charge is -2.35. The Morgan fingerprint density at radius 3 is 2.13 bits per heavy atom. The third-order valence-electron chi connectivity index (χ3n) is 5.97. The Balaban J connectivity index is 1.86. The minimum atomic E-state index is -0.929. The minimum absolute atomic E-state index is 0.00671. The van der Waals surface area contributed by atoms with Crippen LogP contribution in [-0.4, -0.2) is 36.1 Å². The summed E-state index contributed by atoms with van der Waals surface area (Å²) in [6.45, 7) is 3.76. The highest BCUT2D eigenvalue weighted by Gasteiger charge is 2.42. The number of aromatic nitrogens is 2. The fraction of sp³-hybridized carbons (Fsp3) is 0.179. The summed E-state index contributed by atoms with van der Waals surface area (Å²) >= 11 is 0. The Kier molecular flexibility index (Phi) is 7.39. The molecule has 2 aromatic carbocycles. The van der Waals surface area contributed by atoms with Crippen LogP contribution in [0.15, 0.2) is 83.3 Å². The second-order valence-electron chi connectivity index (χ2n) is 8.48. The van der Waals surface area contributed by atoms with Crippen molar-refractivity contribution in [3.8, 4) is 6.07 Å². The molecule has 1 aliphatic heterocycles. The first kappa shape index (κ1) is 25.9. The lowest BCUT2D eigenvalue weighted by molar-refractivity contribution is -0.139. The molecule has 0 bridgehead atoms. The molecular weight excluding hydrogens is 484 g/mol. The molecule has 4 rings (SSSR count). The van der Waals surface area contributed by atoms with Gasteiger partial charge in [-0.3, -0.25) is 4.90 Å². The van der Waals surface area contributed by atoms with Crippen molar-refractivity contribution >= 4 is 29.3 Å². The number of esters is 2. The Morgan fingerprint density at radius 2 is 1.58 bits per heavy atom. The van der Waals surface area contributed by atoms with E-state index in [2.05, 4.69) is 21.4 Å².